The molecule has 0 spiro atoms. The average molecular weight is 247 g/mol. The molecule has 3 heteroatoms. The van der Waals surface area contributed by atoms with Crippen LogP contribution >= 0.6 is 0 Å². The smallest absolute Gasteiger partial charge is 0.331 e. The largest absolute Gasteiger partial charge is 0.464 e. The van der Waals surface area contributed by atoms with Crippen molar-refractivity contribution in [1.82, 2.24) is 0 Å². The van der Waals surface area contributed by atoms with Gasteiger partial charge in [-0.15, -0.1) is 0 Å². The van der Waals surface area contributed by atoms with E-state index in [1.807, 2.05) is 45.0 Å². The Kier molecular flexibility index (Phi) is 3.60. The molecule has 1 atom stereocenters. The Morgan fingerprint density at radius 2 is 2.11 bits per heavy atom. The van der Waals surface area contributed by atoms with Crippen molar-refractivity contribution >= 4 is 11.7 Å². The molecule has 0 aliphatic heterocycles. The molecule has 1 N–H and O–H groups in total. The lowest BCUT2D eigenvalue weighted by Crippen LogP contribution is -2.47. The number of hydrogen-bond donors (Lipinski definition) is 1. The number of carbonyl (C=O) groups excluding carboxylic acids is 1. The number of ether oxygens (including phenoxy) is 1. The Labute approximate surface area is 109 Å². The first-order valence-corrected chi connectivity index (χ1v) is 6.59. The fraction of sp³-hybridized carbons (Fsp3) is 0.533. The van der Waals surface area contributed by atoms with Crippen molar-refractivity contribution in [3.8, 4) is 0 Å². The first-order chi connectivity index (χ1) is 8.58. The monoisotopic (exact) mass is 247 g/mol. The minimum absolute atomic E-state index is 0.143. The van der Waals surface area contributed by atoms with Crippen molar-refractivity contribution < 1.29 is 9.53 Å². The summed E-state index contributed by atoms with van der Waals surface area (Å²) in [5.74, 6) is 0.243. The summed E-state index contributed by atoms with van der Waals surface area (Å²) in [6.45, 7) is 6.27. The Morgan fingerprint density at radius 3 is 2.67 bits per heavy atom. The Morgan fingerprint density at radius 1 is 1.44 bits per heavy atom. The van der Waals surface area contributed by atoms with Gasteiger partial charge in [-0.3, -0.25) is 0 Å². The number of esters is 1. The van der Waals surface area contributed by atoms with Crippen LogP contribution in [0.3, 0.4) is 0 Å². The molecule has 1 saturated carbocycles. The summed E-state index contributed by atoms with van der Waals surface area (Å²) in [7, 11) is 0. The van der Waals surface area contributed by atoms with Crippen LogP contribution in [0.5, 0.6) is 0 Å². The molecule has 0 heterocycles. The van der Waals surface area contributed by atoms with Gasteiger partial charge >= 0.3 is 5.97 Å². The number of carbonyl (C=O) groups is 1. The van der Waals surface area contributed by atoms with E-state index >= 15 is 0 Å². The molecular formula is C15H21NO2. The summed E-state index contributed by atoms with van der Waals surface area (Å²) < 4.78 is 5.22. The molecule has 1 aliphatic carbocycles. The van der Waals surface area contributed by atoms with Gasteiger partial charge in [0.05, 0.1) is 6.61 Å². The zero-order valence-corrected chi connectivity index (χ0v) is 11.3. The summed E-state index contributed by atoms with van der Waals surface area (Å²) in [5, 5.41) is 3.40. The highest BCUT2D eigenvalue weighted by molar-refractivity contribution is 5.85. The Balaban J connectivity index is 2.21. The third-order valence-corrected chi connectivity index (χ3v) is 3.63. The number of anilines is 1. The van der Waals surface area contributed by atoms with Gasteiger partial charge in [0.1, 0.15) is 5.54 Å². The van der Waals surface area contributed by atoms with Crippen molar-refractivity contribution in [3.63, 3.8) is 0 Å². The molecular weight excluding hydrogens is 226 g/mol. The lowest BCUT2D eigenvalue weighted by Gasteiger charge is -2.30. The third kappa shape index (κ3) is 2.50. The van der Waals surface area contributed by atoms with Crippen molar-refractivity contribution in [2.75, 3.05) is 11.9 Å². The maximum Gasteiger partial charge on any atom is 0.331 e. The van der Waals surface area contributed by atoms with E-state index in [0.717, 1.165) is 24.1 Å². The van der Waals surface area contributed by atoms with Gasteiger partial charge in [-0.1, -0.05) is 18.2 Å². The van der Waals surface area contributed by atoms with Crippen LogP contribution in [-0.4, -0.2) is 18.1 Å². The molecule has 1 unspecified atom stereocenters. The number of aryl methyl sites for hydroxylation is 1. The molecule has 1 aromatic rings. The van der Waals surface area contributed by atoms with E-state index in [0.29, 0.717) is 12.5 Å². The number of rotatable bonds is 5. The Bertz CT molecular complexity index is 440. The van der Waals surface area contributed by atoms with Crippen molar-refractivity contribution in [1.29, 1.82) is 0 Å². The van der Waals surface area contributed by atoms with Gasteiger partial charge in [-0.25, -0.2) is 4.79 Å². The molecule has 0 bridgehead atoms. The summed E-state index contributed by atoms with van der Waals surface area (Å²) in [6, 6.07) is 8.03. The van der Waals surface area contributed by atoms with Gasteiger partial charge < -0.3 is 10.1 Å². The SMILES string of the molecule is CCOC(=O)C(C)(Nc1ccccc1C)C1CC1. The van der Waals surface area contributed by atoms with E-state index in [4.69, 9.17) is 4.74 Å². The predicted molar refractivity (Wildman–Crippen MR) is 72.6 cm³/mol. The van der Waals surface area contributed by atoms with Crippen LogP contribution in [0.25, 0.3) is 0 Å². The summed E-state index contributed by atoms with van der Waals surface area (Å²) in [6.07, 6.45) is 2.18. The zero-order valence-electron chi connectivity index (χ0n) is 11.3. The maximum absolute atomic E-state index is 12.2. The van der Waals surface area contributed by atoms with E-state index in [1.54, 1.807) is 0 Å². The molecule has 1 fully saturated rings. The second-order valence-corrected chi connectivity index (χ2v) is 5.14. The van der Waals surface area contributed by atoms with Crippen LogP contribution in [0, 0.1) is 12.8 Å². The van der Waals surface area contributed by atoms with Gasteiger partial charge in [0.25, 0.3) is 0 Å². The van der Waals surface area contributed by atoms with Gasteiger partial charge in [-0.2, -0.15) is 0 Å². The highest BCUT2D eigenvalue weighted by Gasteiger charge is 2.48. The molecule has 1 aliphatic rings. The highest BCUT2D eigenvalue weighted by atomic mass is 16.5. The van der Waals surface area contributed by atoms with Crippen molar-refractivity contribution in [2.24, 2.45) is 5.92 Å². The van der Waals surface area contributed by atoms with Crippen LogP contribution in [-0.2, 0) is 9.53 Å². The Hall–Kier alpha value is -1.51. The molecule has 2 rings (SSSR count). The van der Waals surface area contributed by atoms with Crippen LogP contribution in [0.2, 0.25) is 0 Å². The van der Waals surface area contributed by atoms with Crippen molar-refractivity contribution in [3.05, 3.63) is 29.8 Å². The fourth-order valence-corrected chi connectivity index (χ4v) is 2.25. The van der Waals surface area contributed by atoms with Gasteiger partial charge in [0.2, 0.25) is 0 Å². The van der Waals surface area contributed by atoms with E-state index in [9.17, 15) is 4.79 Å². The lowest BCUT2D eigenvalue weighted by atomic mass is 9.95. The molecule has 0 radical (unpaired) electrons. The van der Waals surface area contributed by atoms with Gasteiger partial charge in [0, 0.05) is 5.69 Å². The molecule has 18 heavy (non-hydrogen) atoms. The van der Waals surface area contributed by atoms with E-state index in [-0.39, 0.29) is 5.97 Å². The molecule has 0 aromatic heterocycles. The van der Waals surface area contributed by atoms with E-state index in [1.165, 1.54) is 0 Å². The summed E-state index contributed by atoms with van der Waals surface area (Å²) in [5.41, 5.74) is 1.57. The maximum atomic E-state index is 12.2. The predicted octanol–water partition coefficient (Wildman–Crippen LogP) is 3.14. The second kappa shape index (κ2) is 5.01. The van der Waals surface area contributed by atoms with E-state index in [2.05, 4.69) is 5.32 Å². The van der Waals surface area contributed by atoms with Crippen molar-refractivity contribution in [2.45, 2.75) is 39.2 Å². The number of para-hydroxylation sites is 1. The van der Waals surface area contributed by atoms with Crippen LogP contribution < -0.4 is 5.32 Å². The zero-order chi connectivity index (χ0) is 13.2. The standard InChI is InChI=1S/C15H21NO2/c1-4-18-14(17)15(3,12-9-10-12)16-13-8-6-5-7-11(13)2/h5-8,12,16H,4,9-10H2,1-3H3. The molecule has 0 amide bonds. The quantitative estimate of drug-likeness (QED) is 0.812. The second-order valence-electron chi connectivity index (χ2n) is 5.14. The summed E-state index contributed by atoms with van der Waals surface area (Å²) in [4.78, 5) is 12.2. The number of hydrogen-bond acceptors (Lipinski definition) is 3. The van der Waals surface area contributed by atoms with E-state index < -0.39 is 5.54 Å². The topological polar surface area (TPSA) is 38.3 Å². The number of benzene rings is 1. The minimum atomic E-state index is -0.595. The lowest BCUT2D eigenvalue weighted by molar-refractivity contribution is -0.148. The minimum Gasteiger partial charge on any atom is -0.464 e. The fourth-order valence-electron chi connectivity index (χ4n) is 2.25. The molecule has 98 valence electrons. The molecule has 0 saturated heterocycles. The molecule has 1 aromatic carbocycles. The molecule has 3 nitrogen and oxygen atoms in total. The third-order valence-electron chi connectivity index (χ3n) is 3.63. The summed E-state index contributed by atoms with van der Waals surface area (Å²) >= 11 is 0. The highest BCUT2D eigenvalue weighted by Crippen LogP contribution is 2.42. The number of nitrogens with one attached hydrogen (secondary N) is 1. The van der Waals surface area contributed by atoms with Crippen LogP contribution in [0.15, 0.2) is 24.3 Å². The first-order valence-electron chi connectivity index (χ1n) is 6.59. The van der Waals surface area contributed by atoms with Gasteiger partial charge in [-0.05, 0) is 51.2 Å². The van der Waals surface area contributed by atoms with Crippen LogP contribution in [0.4, 0.5) is 5.69 Å². The normalized spacial score (nSPS) is 17.9. The van der Waals surface area contributed by atoms with Gasteiger partial charge in [0.15, 0.2) is 0 Å². The first kappa shape index (κ1) is 12.9. The van der Waals surface area contributed by atoms with Crippen LogP contribution in [0.1, 0.15) is 32.3 Å². The average Bonchev–Trinajstić information content (AvgIpc) is 3.16.